The van der Waals surface area contributed by atoms with Crippen molar-refractivity contribution in [1.82, 2.24) is 14.7 Å². The minimum Gasteiger partial charge on any atom is -0.322 e. The van der Waals surface area contributed by atoms with Crippen LogP contribution in [0.5, 0.6) is 0 Å². The molecule has 1 aromatic carbocycles. The maximum absolute atomic E-state index is 12.6. The molecule has 0 aliphatic carbocycles. The Morgan fingerprint density at radius 3 is 2.83 bits per heavy atom. The highest BCUT2D eigenvalue weighted by molar-refractivity contribution is 5.89. The lowest BCUT2D eigenvalue weighted by Gasteiger charge is -2.34. The summed E-state index contributed by atoms with van der Waals surface area (Å²) < 4.78 is 1.80. The van der Waals surface area contributed by atoms with Crippen molar-refractivity contribution in [2.75, 3.05) is 11.9 Å². The molecule has 122 valence electrons. The molecule has 2 heterocycles. The Kier molecular flexibility index (Phi) is 4.65. The third kappa shape index (κ3) is 3.38. The molecule has 2 aromatic rings. The second-order valence-electron chi connectivity index (χ2n) is 6.09. The summed E-state index contributed by atoms with van der Waals surface area (Å²) in [4.78, 5) is 14.5. The van der Waals surface area contributed by atoms with Crippen molar-refractivity contribution < 1.29 is 4.79 Å². The fraction of sp³-hybridized carbons (Fsp3) is 0.444. The van der Waals surface area contributed by atoms with Gasteiger partial charge in [-0.05, 0) is 31.2 Å². The van der Waals surface area contributed by atoms with E-state index in [1.165, 1.54) is 6.42 Å². The molecule has 0 bridgehead atoms. The lowest BCUT2D eigenvalue weighted by molar-refractivity contribution is 0.160. The first-order valence-corrected chi connectivity index (χ1v) is 8.36. The Balaban J connectivity index is 1.74. The highest BCUT2D eigenvalue weighted by atomic mass is 16.2. The van der Waals surface area contributed by atoms with E-state index in [-0.39, 0.29) is 6.03 Å². The average molecular weight is 312 g/mol. The Hall–Kier alpha value is -2.30. The summed E-state index contributed by atoms with van der Waals surface area (Å²) >= 11 is 0. The van der Waals surface area contributed by atoms with Crippen molar-refractivity contribution in [3.05, 3.63) is 36.4 Å². The number of anilines is 1. The van der Waals surface area contributed by atoms with Gasteiger partial charge in [-0.1, -0.05) is 37.3 Å². The second kappa shape index (κ2) is 6.86. The molecule has 23 heavy (non-hydrogen) atoms. The van der Waals surface area contributed by atoms with Gasteiger partial charge in [0.25, 0.3) is 0 Å². The molecule has 5 heteroatoms. The van der Waals surface area contributed by atoms with Crippen LogP contribution in [0.15, 0.2) is 36.4 Å². The van der Waals surface area contributed by atoms with Crippen molar-refractivity contribution in [2.24, 2.45) is 7.05 Å². The molecule has 1 atom stereocenters. The maximum Gasteiger partial charge on any atom is 0.323 e. The number of urea groups is 1. The Morgan fingerprint density at radius 2 is 2.09 bits per heavy atom. The van der Waals surface area contributed by atoms with E-state index in [9.17, 15) is 4.79 Å². The van der Waals surface area contributed by atoms with Crippen molar-refractivity contribution in [3.8, 4) is 11.3 Å². The summed E-state index contributed by atoms with van der Waals surface area (Å²) in [6, 6.07) is 12.3. The summed E-state index contributed by atoms with van der Waals surface area (Å²) in [6.45, 7) is 2.98. The third-order valence-corrected chi connectivity index (χ3v) is 4.54. The summed E-state index contributed by atoms with van der Waals surface area (Å²) in [5, 5.41) is 7.39. The number of carbonyl (C=O) groups is 1. The number of rotatable bonds is 3. The van der Waals surface area contributed by atoms with Crippen LogP contribution < -0.4 is 5.32 Å². The number of nitrogens with zero attached hydrogens (tertiary/aromatic N) is 3. The highest BCUT2D eigenvalue weighted by Gasteiger charge is 2.25. The van der Waals surface area contributed by atoms with Crippen LogP contribution in [0.1, 0.15) is 32.6 Å². The van der Waals surface area contributed by atoms with Crippen molar-refractivity contribution in [1.29, 1.82) is 0 Å². The molecule has 2 amide bonds. The first-order chi connectivity index (χ1) is 11.2. The normalized spacial score (nSPS) is 18.0. The molecule has 1 unspecified atom stereocenters. The van der Waals surface area contributed by atoms with Gasteiger partial charge < -0.3 is 4.90 Å². The van der Waals surface area contributed by atoms with E-state index in [0.717, 1.165) is 37.1 Å². The molecular weight excluding hydrogens is 288 g/mol. The number of benzene rings is 1. The molecule has 3 rings (SSSR count). The number of piperidine rings is 1. The van der Waals surface area contributed by atoms with E-state index in [4.69, 9.17) is 0 Å². The molecule has 1 aliphatic heterocycles. The number of hydrogen-bond donors (Lipinski definition) is 1. The zero-order chi connectivity index (χ0) is 16.2. The molecule has 1 aliphatic rings. The first kappa shape index (κ1) is 15.6. The zero-order valence-corrected chi connectivity index (χ0v) is 13.8. The van der Waals surface area contributed by atoms with Gasteiger partial charge in [-0.2, -0.15) is 5.10 Å². The molecule has 1 fully saturated rings. The minimum atomic E-state index is -0.0331. The SMILES string of the molecule is CCC1CCCCN1C(=O)Nc1cc(-c2ccccc2)n(C)n1. The van der Waals surface area contributed by atoms with Crippen LogP contribution >= 0.6 is 0 Å². The van der Waals surface area contributed by atoms with Gasteiger partial charge in [0.05, 0.1) is 5.69 Å². The topological polar surface area (TPSA) is 50.2 Å². The van der Waals surface area contributed by atoms with Gasteiger partial charge in [0.1, 0.15) is 0 Å². The molecule has 1 saturated heterocycles. The number of likely N-dealkylation sites (tertiary alicyclic amines) is 1. The fourth-order valence-corrected chi connectivity index (χ4v) is 3.28. The largest absolute Gasteiger partial charge is 0.323 e. The lowest BCUT2D eigenvalue weighted by Crippen LogP contribution is -2.45. The Labute approximate surface area is 137 Å². The van der Waals surface area contributed by atoms with E-state index < -0.39 is 0 Å². The summed E-state index contributed by atoms with van der Waals surface area (Å²) in [6.07, 6.45) is 4.40. The summed E-state index contributed by atoms with van der Waals surface area (Å²) in [5.41, 5.74) is 2.08. The zero-order valence-electron chi connectivity index (χ0n) is 13.8. The van der Waals surface area contributed by atoms with Crippen LogP contribution in [-0.2, 0) is 7.05 Å². The Morgan fingerprint density at radius 1 is 1.30 bits per heavy atom. The monoisotopic (exact) mass is 312 g/mol. The summed E-state index contributed by atoms with van der Waals surface area (Å²) in [7, 11) is 1.90. The van der Waals surface area contributed by atoms with E-state index >= 15 is 0 Å². The number of amides is 2. The molecule has 1 N–H and O–H groups in total. The van der Waals surface area contributed by atoms with Crippen LogP contribution in [0.2, 0.25) is 0 Å². The van der Waals surface area contributed by atoms with E-state index in [1.807, 2.05) is 48.3 Å². The molecule has 5 nitrogen and oxygen atoms in total. The maximum atomic E-state index is 12.6. The molecule has 1 aromatic heterocycles. The number of aromatic nitrogens is 2. The second-order valence-corrected chi connectivity index (χ2v) is 6.09. The lowest BCUT2D eigenvalue weighted by atomic mass is 10.0. The van der Waals surface area contributed by atoms with Gasteiger partial charge in [-0.3, -0.25) is 10.00 Å². The number of hydrogen-bond acceptors (Lipinski definition) is 2. The molecule has 0 radical (unpaired) electrons. The predicted octanol–water partition coefficient (Wildman–Crippen LogP) is 3.88. The van der Waals surface area contributed by atoms with Crippen LogP contribution in [0, 0.1) is 0 Å². The average Bonchev–Trinajstić information content (AvgIpc) is 2.95. The van der Waals surface area contributed by atoms with Gasteiger partial charge in [-0.15, -0.1) is 0 Å². The number of nitrogens with one attached hydrogen (secondary N) is 1. The van der Waals surface area contributed by atoms with E-state index in [0.29, 0.717) is 11.9 Å². The van der Waals surface area contributed by atoms with Crippen LogP contribution in [-0.4, -0.2) is 33.3 Å². The quantitative estimate of drug-likeness (QED) is 0.935. The number of carbonyl (C=O) groups excluding carboxylic acids is 1. The van der Waals surface area contributed by atoms with Crippen LogP contribution in [0.25, 0.3) is 11.3 Å². The fourth-order valence-electron chi connectivity index (χ4n) is 3.28. The van der Waals surface area contributed by atoms with Gasteiger partial charge in [0.2, 0.25) is 0 Å². The van der Waals surface area contributed by atoms with Crippen molar-refractivity contribution in [2.45, 2.75) is 38.6 Å². The van der Waals surface area contributed by atoms with Crippen LogP contribution in [0.4, 0.5) is 10.6 Å². The molecular formula is C18H24N4O. The van der Waals surface area contributed by atoms with Crippen LogP contribution in [0.3, 0.4) is 0 Å². The van der Waals surface area contributed by atoms with E-state index in [2.05, 4.69) is 17.3 Å². The highest BCUT2D eigenvalue weighted by Crippen LogP contribution is 2.23. The van der Waals surface area contributed by atoms with Gasteiger partial charge in [0, 0.05) is 25.7 Å². The molecule has 0 spiro atoms. The third-order valence-electron chi connectivity index (χ3n) is 4.54. The summed E-state index contributed by atoms with van der Waals surface area (Å²) in [5.74, 6) is 0.608. The van der Waals surface area contributed by atoms with Crippen molar-refractivity contribution in [3.63, 3.8) is 0 Å². The minimum absolute atomic E-state index is 0.0331. The molecule has 0 saturated carbocycles. The smallest absolute Gasteiger partial charge is 0.322 e. The standard InChI is InChI=1S/C18H24N4O/c1-3-15-11-7-8-12-22(15)18(23)19-17-13-16(21(2)20-17)14-9-5-4-6-10-14/h4-6,9-10,13,15H,3,7-8,11-12H2,1-2H3,(H,19,20,23). The van der Waals surface area contributed by atoms with Gasteiger partial charge in [0.15, 0.2) is 5.82 Å². The van der Waals surface area contributed by atoms with E-state index in [1.54, 1.807) is 4.68 Å². The van der Waals surface area contributed by atoms with Gasteiger partial charge >= 0.3 is 6.03 Å². The first-order valence-electron chi connectivity index (χ1n) is 8.36. The number of aryl methyl sites for hydroxylation is 1. The van der Waals surface area contributed by atoms with Gasteiger partial charge in [-0.25, -0.2) is 4.79 Å². The van der Waals surface area contributed by atoms with Crippen molar-refractivity contribution >= 4 is 11.8 Å². The Bertz CT molecular complexity index is 665. The predicted molar refractivity (Wildman–Crippen MR) is 92.3 cm³/mol.